The fourth-order valence-corrected chi connectivity index (χ4v) is 2.02. The first-order valence-corrected chi connectivity index (χ1v) is 7.52. The van der Waals surface area contributed by atoms with Crippen LogP contribution in [-0.2, 0) is 12.0 Å². The van der Waals surface area contributed by atoms with Gasteiger partial charge in [-0.1, -0.05) is 38.1 Å². The van der Waals surface area contributed by atoms with E-state index in [-0.39, 0.29) is 29.4 Å². The average Bonchev–Trinajstić information content (AvgIpc) is 3.06. The van der Waals surface area contributed by atoms with Crippen molar-refractivity contribution >= 4 is 29.9 Å². The third-order valence-electron chi connectivity index (χ3n) is 3.18. The molecule has 0 aliphatic heterocycles. The van der Waals surface area contributed by atoms with Gasteiger partial charge in [-0.05, 0) is 19.8 Å². The first-order valence-electron chi connectivity index (χ1n) is 7.52. The highest BCUT2D eigenvalue weighted by molar-refractivity contribution is 14.0. The molecule has 0 unspecified atom stereocenters. The lowest BCUT2D eigenvalue weighted by atomic mass is 9.97. The van der Waals surface area contributed by atoms with Gasteiger partial charge in [0.1, 0.15) is 6.54 Å². The number of nitrogens with one attached hydrogen (secondary N) is 2. The minimum atomic E-state index is -0.132. The van der Waals surface area contributed by atoms with Crippen LogP contribution in [0.5, 0.6) is 0 Å². The standard InChI is InChI=1S/C15H25N5O.HI/c1-5-16-14(18-11-8-6-7-9-11)17-10-12-19-13(21-20-12)15(2,3)4;/h6-7,11H,5,8-10H2,1-4H3,(H2,16,17,18);1H. The monoisotopic (exact) mass is 419 g/mol. The maximum absolute atomic E-state index is 5.27. The van der Waals surface area contributed by atoms with Crippen molar-refractivity contribution in [3.8, 4) is 0 Å². The Hall–Kier alpha value is -1.12. The summed E-state index contributed by atoms with van der Waals surface area (Å²) in [7, 11) is 0. The summed E-state index contributed by atoms with van der Waals surface area (Å²) < 4.78 is 5.27. The van der Waals surface area contributed by atoms with Crippen molar-refractivity contribution in [1.29, 1.82) is 0 Å². The molecule has 124 valence electrons. The number of aromatic nitrogens is 2. The first kappa shape index (κ1) is 18.9. The highest BCUT2D eigenvalue weighted by Crippen LogP contribution is 2.19. The minimum Gasteiger partial charge on any atom is -0.357 e. The van der Waals surface area contributed by atoms with Gasteiger partial charge in [0.05, 0.1) is 0 Å². The fraction of sp³-hybridized carbons (Fsp3) is 0.667. The molecule has 1 aliphatic carbocycles. The molecule has 0 fully saturated rings. The summed E-state index contributed by atoms with van der Waals surface area (Å²) in [4.78, 5) is 8.92. The van der Waals surface area contributed by atoms with Crippen molar-refractivity contribution < 1.29 is 4.52 Å². The van der Waals surface area contributed by atoms with E-state index in [1.165, 1.54) is 0 Å². The Morgan fingerprint density at radius 1 is 1.36 bits per heavy atom. The molecule has 0 radical (unpaired) electrons. The molecule has 0 atom stereocenters. The van der Waals surface area contributed by atoms with Gasteiger partial charge >= 0.3 is 0 Å². The largest absolute Gasteiger partial charge is 0.357 e. The molecule has 6 nitrogen and oxygen atoms in total. The zero-order valence-corrected chi connectivity index (χ0v) is 16.0. The molecule has 0 saturated heterocycles. The third-order valence-corrected chi connectivity index (χ3v) is 3.18. The molecule has 0 aromatic carbocycles. The number of rotatable bonds is 4. The van der Waals surface area contributed by atoms with Crippen LogP contribution in [0.15, 0.2) is 21.7 Å². The third kappa shape index (κ3) is 5.58. The smallest absolute Gasteiger partial charge is 0.232 e. The second kappa shape index (κ2) is 8.50. The Balaban J connectivity index is 0.00000242. The second-order valence-corrected chi connectivity index (χ2v) is 6.24. The maximum atomic E-state index is 5.27. The predicted octanol–water partition coefficient (Wildman–Crippen LogP) is 2.76. The molecule has 7 heteroatoms. The van der Waals surface area contributed by atoms with Crippen LogP contribution in [0.4, 0.5) is 0 Å². The molecule has 2 rings (SSSR count). The molecule has 1 aromatic heterocycles. The van der Waals surface area contributed by atoms with Gasteiger partial charge in [0.15, 0.2) is 11.8 Å². The van der Waals surface area contributed by atoms with E-state index < -0.39 is 0 Å². The zero-order chi connectivity index (χ0) is 15.3. The van der Waals surface area contributed by atoms with E-state index >= 15 is 0 Å². The molecule has 0 spiro atoms. The molecule has 1 aliphatic rings. The Morgan fingerprint density at radius 3 is 2.59 bits per heavy atom. The van der Waals surface area contributed by atoms with Crippen LogP contribution in [0.2, 0.25) is 0 Å². The summed E-state index contributed by atoms with van der Waals surface area (Å²) in [6.45, 7) is 9.43. The Labute approximate surface area is 149 Å². The SMILES string of the molecule is CCNC(=NCc1noc(C(C)(C)C)n1)NC1CC=CC1.I. The molecule has 1 aromatic rings. The van der Waals surface area contributed by atoms with Crippen LogP contribution >= 0.6 is 24.0 Å². The van der Waals surface area contributed by atoms with Crippen LogP contribution < -0.4 is 10.6 Å². The lowest BCUT2D eigenvalue weighted by molar-refractivity contribution is 0.318. The van der Waals surface area contributed by atoms with Gasteiger partial charge in [0, 0.05) is 18.0 Å². The topological polar surface area (TPSA) is 75.3 Å². The highest BCUT2D eigenvalue weighted by Gasteiger charge is 2.21. The van der Waals surface area contributed by atoms with E-state index in [0.717, 1.165) is 25.3 Å². The van der Waals surface area contributed by atoms with Crippen LogP contribution in [0.1, 0.15) is 52.3 Å². The zero-order valence-electron chi connectivity index (χ0n) is 13.7. The number of nitrogens with zero attached hydrogens (tertiary/aromatic N) is 3. The van der Waals surface area contributed by atoms with Gasteiger partial charge in [-0.3, -0.25) is 0 Å². The van der Waals surface area contributed by atoms with Gasteiger partial charge in [-0.2, -0.15) is 4.98 Å². The summed E-state index contributed by atoms with van der Waals surface area (Å²) in [5.41, 5.74) is -0.132. The van der Waals surface area contributed by atoms with Gasteiger partial charge in [0.25, 0.3) is 0 Å². The summed E-state index contributed by atoms with van der Waals surface area (Å²) in [5.74, 6) is 2.06. The molecule has 1 heterocycles. The van der Waals surface area contributed by atoms with Crippen molar-refractivity contribution in [2.45, 2.75) is 58.5 Å². The Kier molecular flexibility index (Phi) is 7.31. The summed E-state index contributed by atoms with van der Waals surface area (Å²) in [6, 6.07) is 0.429. The quantitative estimate of drug-likeness (QED) is 0.340. The molecular formula is C15H26IN5O. The fourth-order valence-electron chi connectivity index (χ4n) is 2.02. The maximum Gasteiger partial charge on any atom is 0.232 e. The van der Waals surface area contributed by atoms with Crippen molar-refractivity contribution in [2.75, 3.05) is 6.54 Å². The van der Waals surface area contributed by atoms with E-state index in [9.17, 15) is 0 Å². The van der Waals surface area contributed by atoms with Gasteiger partial charge in [0.2, 0.25) is 5.89 Å². The molecule has 2 N–H and O–H groups in total. The van der Waals surface area contributed by atoms with Crippen LogP contribution in [0.25, 0.3) is 0 Å². The van der Waals surface area contributed by atoms with Gasteiger partial charge in [-0.15, -0.1) is 24.0 Å². The van der Waals surface area contributed by atoms with E-state index in [2.05, 4.69) is 44.8 Å². The highest BCUT2D eigenvalue weighted by atomic mass is 127. The van der Waals surface area contributed by atoms with Gasteiger partial charge in [-0.25, -0.2) is 4.99 Å². The predicted molar refractivity (Wildman–Crippen MR) is 98.5 cm³/mol. The summed E-state index contributed by atoms with van der Waals surface area (Å²) in [6.07, 6.45) is 6.47. The van der Waals surface area contributed by atoms with Crippen molar-refractivity contribution in [3.05, 3.63) is 23.9 Å². The van der Waals surface area contributed by atoms with Crippen molar-refractivity contribution in [3.63, 3.8) is 0 Å². The lowest BCUT2D eigenvalue weighted by Crippen LogP contribution is -2.42. The molecule has 0 amide bonds. The normalized spacial score (nSPS) is 15.7. The number of halogens is 1. The van der Waals surface area contributed by atoms with E-state index in [0.29, 0.717) is 24.3 Å². The van der Waals surface area contributed by atoms with E-state index in [1.807, 2.05) is 20.8 Å². The Bertz CT molecular complexity index is 510. The number of guanidine groups is 1. The Morgan fingerprint density at radius 2 is 2.05 bits per heavy atom. The lowest BCUT2D eigenvalue weighted by Gasteiger charge is -2.16. The molecule has 0 bridgehead atoms. The molecular weight excluding hydrogens is 393 g/mol. The van der Waals surface area contributed by atoms with Crippen molar-refractivity contribution in [1.82, 2.24) is 20.8 Å². The van der Waals surface area contributed by atoms with Crippen LogP contribution in [0, 0.1) is 0 Å². The first-order chi connectivity index (χ1) is 9.99. The van der Waals surface area contributed by atoms with Gasteiger partial charge < -0.3 is 15.2 Å². The van der Waals surface area contributed by atoms with E-state index in [1.54, 1.807) is 0 Å². The average molecular weight is 419 g/mol. The number of hydrogen-bond donors (Lipinski definition) is 2. The van der Waals surface area contributed by atoms with E-state index in [4.69, 9.17) is 4.52 Å². The second-order valence-electron chi connectivity index (χ2n) is 6.24. The molecule has 0 saturated carbocycles. The molecule has 22 heavy (non-hydrogen) atoms. The van der Waals surface area contributed by atoms with Crippen molar-refractivity contribution in [2.24, 2.45) is 4.99 Å². The number of hydrogen-bond acceptors (Lipinski definition) is 4. The van der Waals surface area contributed by atoms with Crippen LogP contribution in [-0.4, -0.2) is 28.7 Å². The number of aliphatic imine (C=N–C) groups is 1. The summed E-state index contributed by atoms with van der Waals surface area (Å²) in [5, 5.41) is 10.6. The van der Waals surface area contributed by atoms with Crippen LogP contribution in [0.3, 0.4) is 0 Å². The minimum absolute atomic E-state index is 0. The summed E-state index contributed by atoms with van der Waals surface area (Å²) >= 11 is 0.